The molecule has 0 fully saturated rings. The van der Waals surface area contributed by atoms with Crippen molar-refractivity contribution >= 4 is 25.8 Å². The van der Waals surface area contributed by atoms with Crippen LogP contribution in [0.5, 0.6) is 5.75 Å². The number of nitrogens with one attached hydrogen (secondary N) is 1. The van der Waals surface area contributed by atoms with Crippen LogP contribution in [0.1, 0.15) is 5.56 Å². The van der Waals surface area contributed by atoms with Crippen LogP contribution in [0.15, 0.2) is 22.7 Å². The number of phenols is 1. The van der Waals surface area contributed by atoms with Crippen molar-refractivity contribution in [1.29, 1.82) is 0 Å². The maximum atomic E-state index is 10.9. The van der Waals surface area contributed by atoms with Gasteiger partial charge in [-0.15, -0.1) is 0 Å². The van der Waals surface area contributed by atoms with Gasteiger partial charge in [-0.1, -0.05) is 15.9 Å². The van der Waals surface area contributed by atoms with Crippen molar-refractivity contribution in [2.24, 2.45) is 0 Å². The molecule has 0 aliphatic carbocycles. The summed E-state index contributed by atoms with van der Waals surface area (Å²) in [4.78, 5) is 0. The number of benzene rings is 1. The lowest BCUT2D eigenvalue weighted by molar-refractivity contribution is 0.465. The van der Waals surface area contributed by atoms with Gasteiger partial charge in [-0.05, 0) is 18.2 Å². The van der Waals surface area contributed by atoms with Gasteiger partial charge in [0.15, 0.2) is 0 Å². The highest BCUT2D eigenvalue weighted by molar-refractivity contribution is 9.10. The Morgan fingerprint density at radius 3 is 2.75 bits per heavy atom. The standard InChI is InChI=1S/C10H14BrNO3S/c1-16(14,15)5-4-12-7-8-6-9(11)2-3-10(8)13/h2-3,6,12-13H,4-5,7H2,1H3. The fourth-order valence-electron chi connectivity index (χ4n) is 1.18. The molecule has 1 rings (SSSR count). The van der Waals surface area contributed by atoms with E-state index in [0.29, 0.717) is 13.1 Å². The van der Waals surface area contributed by atoms with Crippen molar-refractivity contribution in [3.63, 3.8) is 0 Å². The lowest BCUT2D eigenvalue weighted by atomic mass is 10.2. The second-order valence-corrected chi connectivity index (χ2v) is 6.76. The largest absolute Gasteiger partial charge is 0.508 e. The van der Waals surface area contributed by atoms with Gasteiger partial charge in [0.1, 0.15) is 15.6 Å². The van der Waals surface area contributed by atoms with Crippen LogP contribution in [-0.2, 0) is 16.4 Å². The number of hydrogen-bond acceptors (Lipinski definition) is 4. The van der Waals surface area contributed by atoms with E-state index < -0.39 is 9.84 Å². The van der Waals surface area contributed by atoms with E-state index in [2.05, 4.69) is 21.2 Å². The highest BCUT2D eigenvalue weighted by atomic mass is 79.9. The molecular weight excluding hydrogens is 294 g/mol. The Kier molecular flexibility index (Phi) is 4.76. The Labute approximate surface area is 104 Å². The number of rotatable bonds is 5. The van der Waals surface area contributed by atoms with Gasteiger partial charge < -0.3 is 10.4 Å². The first-order valence-corrected chi connectivity index (χ1v) is 7.60. The molecule has 0 amide bonds. The summed E-state index contributed by atoms with van der Waals surface area (Å²) in [7, 11) is -2.93. The third kappa shape index (κ3) is 4.96. The van der Waals surface area contributed by atoms with E-state index >= 15 is 0 Å². The molecule has 0 atom stereocenters. The van der Waals surface area contributed by atoms with Crippen LogP contribution >= 0.6 is 15.9 Å². The zero-order chi connectivity index (χ0) is 12.2. The summed E-state index contributed by atoms with van der Waals surface area (Å²) in [5.74, 6) is 0.303. The molecule has 90 valence electrons. The first kappa shape index (κ1) is 13.5. The van der Waals surface area contributed by atoms with Crippen LogP contribution in [0.4, 0.5) is 0 Å². The molecule has 0 radical (unpaired) electrons. The Balaban J connectivity index is 2.46. The lowest BCUT2D eigenvalue weighted by Gasteiger charge is -2.06. The van der Waals surface area contributed by atoms with E-state index in [9.17, 15) is 13.5 Å². The van der Waals surface area contributed by atoms with Crippen LogP contribution in [0.3, 0.4) is 0 Å². The zero-order valence-corrected chi connectivity index (χ0v) is 11.3. The summed E-state index contributed by atoms with van der Waals surface area (Å²) in [6, 6.07) is 5.13. The maximum Gasteiger partial charge on any atom is 0.148 e. The average molecular weight is 308 g/mol. The monoisotopic (exact) mass is 307 g/mol. The van der Waals surface area contributed by atoms with Gasteiger partial charge in [-0.3, -0.25) is 0 Å². The van der Waals surface area contributed by atoms with Crippen molar-refractivity contribution in [1.82, 2.24) is 5.32 Å². The number of hydrogen-bond donors (Lipinski definition) is 2. The van der Waals surface area contributed by atoms with E-state index in [1.165, 1.54) is 6.26 Å². The summed E-state index contributed by atoms with van der Waals surface area (Å²) < 4.78 is 22.6. The molecule has 6 heteroatoms. The second kappa shape index (κ2) is 5.65. The molecule has 4 nitrogen and oxygen atoms in total. The molecule has 1 aromatic rings. The third-order valence-corrected chi connectivity index (χ3v) is 3.45. The van der Waals surface area contributed by atoms with Gasteiger partial charge in [0, 0.05) is 29.4 Å². The molecule has 0 bridgehead atoms. The summed E-state index contributed by atoms with van der Waals surface area (Å²) in [5.41, 5.74) is 0.739. The SMILES string of the molecule is CS(=O)(=O)CCNCc1cc(Br)ccc1O. The van der Waals surface area contributed by atoms with Gasteiger partial charge in [0.25, 0.3) is 0 Å². The molecule has 0 saturated heterocycles. The van der Waals surface area contributed by atoms with E-state index in [0.717, 1.165) is 10.0 Å². The minimum Gasteiger partial charge on any atom is -0.508 e. The van der Waals surface area contributed by atoms with Gasteiger partial charge >= 0.3 is 0 Å². The van der Waals surface area contributed by atoms with Gasteiger partial charge in [-0.2, -0.15) is 0 Å². The van der Waals surface area contributed by atoms with Gasteiger partial charge in [-0.25, -0.2) is 8.42 Å². The normalized spacial score (nSPS) is 11.6. The Morgan fingerprint density at radius 2 is 2.12 bits per heavy atom. The van der Waals surface area contributed by atoms with E-state index in [-0.39, 0.29) is 11.5 Å². The summed E-state index contributed by atoms with van der Waals surface area (Å²) in [5, 5.41) is 12.5. The van der Waals surface area contributed by atoms with Gasteiger partial charge in [0.05, 0.1) is 5.75 Å². The molecule has 1 aromatic carbocycles. The van der Waals surface area contributed by atoms with Gasteiger partial charge in [0.2, 0.25) is 0 Å². The highest BCUT2D eigenvalue weighted by Gasteiger charge is 2.03. The van der Waals surface area contributed by atoms with Crippen molar-refractivity contribution in [2.45, 2.75) is 6.54 Å². The molecule has 2 N–H and O–H groups in total. The van der Waals surface area contributed by atoms with E-state index in [1.54, 1.807) is 18.2 Å². The van der Waals surface area contributed by atoms with Crippen LogP contribution in [0.25, 0.3) is 0 Å². The maximum absolute atomic E-state index is 10.9. The van der Waals surface area contributed by atoms with Crippen LogP contribution in [-0.4, -0.2) is 32.1 Å². The summed E-state index contributed by atoms with van der Waals surface area (Å²) in [6.07, 6.45) is 1.20. The smallest absolute Gasteiger partial charge is 0.148 e. The minimum atomic E-state index is -2.93. The molecule has 0 saturated carbocycles. The molecule has 0 aromatic heterocycles. The molecule has 0 heterocycles. The van der Waals surface area contributed by atoms with E-state index in [4.69, 9.17) is 0 Å². The first-order valence-electron chi connectivity index (χ1n) is 4.74. The first-order chi connectivity index (χ1) is 7.38. The predicted octanol–water partition coefficient (Wildman–Crippen LogP) is 1.29. The Morgan fingerprint density at radius 1 is 1.44 bits per heavy atom. The van der Waals surface area contributed by atoms with E-state index in [1.807, 2.05) is 0 Å². The molecule has 0 unspecified atom stereocenters. The number of aromatic hydroxyl groups is 1. The molecular formula is C10H14BrNO3S. The van der Waals surface area contributed by atoms with Crippen molar-refractivity contribution in [2.75, 3.05) is 18.6 Å². The number of sulfone groups is 1. The minimum absolute atomic E-state index is 0.0990. The van der Waals surface area contributed by atoms with Crippen LogP contribution < -0.4 is 5.32 Å². The zero-order valence-electron chi connectivity index (χ0n) is 8.90. The Hall–Kier alpha value is -0.590. The summed E-state index contributed by atoms with van der Waals surface area (Å²) in [6.45, 7) is 0.825. The average Bonchev–Trinajstić information content (AvgIpc) is 2.16. The quantitative estimate of drug-likeness (QED) is 0.805. The van der Waals surface area contributed by atoms with Crippen molar-refractivity contribution < 1.29 is 13.5 Å². The summed E-state index contributed by atoms with van der Waals surface area (Å²) >= 11 is 3.30. The predicted molar refractivity (Wildman–Crippen MR) is 67.2 cm³/mol. The van der Waals surface area contributed by atoms with Crippen molar-refractivity contribution in [3.05, 3.63) is 28.2 Å². The lowest BCUT2D eigenvalue weighted by Crippen LogP contribution is -2.21. The highest BCUT2D eigenvalue weighted by Crippen LogP contribution is 2.21. The molecule has 0 spiro atoms. The van der Waals surface area contributed by atoms with Crippen molar-refractivity contribution in [3.8, 4) is 5.75 Å². The fraction of sp³-hybridized carbons (Fsp3) is 0.400. The Bertz CT molecular complexity index is 459. The second-order valence-electron chi connectivity index (χ2n) is 3.58. The number of phenolic OH excluding ortho intramolecular Hbond substituents is 1. The fourth-order valence-corrected chi connectivity index (χ4v) is 2.10. The molecule has 0 aliphatic heterocycles. The van der Waals surface area contributed by atoms with Crippen LogP contribution in [0.2, 0.25) is 0 Å². The third-order valence-electron chi connectivity index (χ3n) is 2.01. The van der Waals surface area contributed by atoms with Crippen LogP contribution in [0, 0.1) is 0 Å². The topological polar surface area (TPSA) is 66.4 Å². The molecule has 0 aliphatic rings. The number of halogens is 1. The molecule has 16 heavy (non-hydrogen) atoms.